The molecule has 0 aliphatic heterocycles. The van der Waals surface area contributed by atoms with Crippen LogP contribution in [-0.2, 0) is 16.4 Å². The lowest BCUT2D eigenvalue weighted by Crippen LogP contribution is -2.43. The van der Waals surface area contributed by atoms with Crippen molar-refractivity contribution < 1.29 is 8.42 Å². The topological polar surface area (TPSA) is 82.6 Å². The molecule has 0 saturated heterocycles. The van der Waals surface area contributed by atoms with Crippen LogP contribution in [-0.4, -0.2) is 46.3 Å². The Morgan fingerprint density at radius 3 is 2.48 bits per heavy atom. The van der Waals surface area contributed by atoms with Gasteiger partial charge in [0.2, 0.25) is 10.0 Å². The van der Waals surface area contributed by atoms with Gasteiger partial charge in [0.25, 0.3) is 0 Å². The summed E-state index contributed by atoms with van der Waals surface area (Å²) in [6.07, 6.45) is 2.74. The molecule has 1 aromatic carbocycles. The normalized spacial score (nSPS) is 13.0. The van der Waals surface area contributed by atoms with Gasteiger partial charge in [-0.05, 0) is 38.7 Å². The van der Waals surface area contributed by atoms with Gasteiger partial charge in [-0.3, -0.25) is 4.99 Å². The van der Waals surface area contributed by atoms with Crippen LogP contribution in [0.2, 0.25) is 0 Å². The summed E-state index contributed by atoms with van der Waals surface area (Å²) < 4.78 is 25.2. The van der Waals surface area contributed by atoms with E-state index in [0.717, 1.165) is 18.8 Å². The predicted molar refractivity (Wildman–Crippen MR) is 116 cm³/mol. The number of halogens is 1. The van der Waals surface area contributed by atoms with Crippen LogP contribution in [0, 0.1) is 0 Å². The number of hydrogen-bond acceptors (Lipinski definition) is 3. The van der Waals surface area contributed by atoms with Crippen molar-refractivity contribution in [2.75, 3.05) is 25.9 Å². The highest BCUT2D eigenvalue weighted by molar-refractivity contribution is 14.0. The molecular weight excluding hydrogens is 451 g/mol. The van der Waals surface area contributed by atoms with E-state index >= 15 is 0 Å². The van der Waals surface area contributed by atoms with Crippen LogP contribution in [0.15, 0.2) is 35.3 Å². The van der Waals surface area contributed by atoms with Crippen molar-refractivity contribution >= 4 is 40.0 Å². The van der Waals surface area contributed by atoms with Crippen LogP contribution in [0.3, 0.4) is 0 Å². The molecule has 1 aromatic rings. The van der Waals surface area contributed by atoms with Gasteiger partial charge in [0.05, 0.1) is 5.75 Å². The summed E-state index contributed by atoms with van der Waals surface area (Å²) in [5.41, 5.74) is 1.33. The van der Waals surface area contributed by atoms with Crippen molar-refractivity contribution in [3.05, 3.63) is 35.9 Å². The van der Waals surface area contributed by atoms with E-state index < -0.39 is 10.0 Å². The molecule has 0 aliphatic rings. The van der Waals surface area contributed by atoms with E-state index in [9.17, 15) is 8.42 Å². The smallest absolute Gasteiger partial charge is 0.211 e. The second kappa shape index (κ2) is 13.3. The molecule has 8 heteroatoms. The molecule has 6 nitrogen and oxygen atoms in total. The number of sulfonamides is 1. The molecule has 0 radical (unpaired) electrons. The molecule has 0 saturated carbocycles. The van der Waals surface area contributed by atoms with Crippen molar-refractivity contribution in [2.45, 2.75) is 39.2 Å². The Kier molecular flexibility index (Phi) is 12.9. The second-order valence-corrected chi connectivity index (χ2v) is 7.82. The fraction of sp³-hybridized carbons (Fsp3) is 0.588. The minimum absolute atomic E-state index is 0. The highest BCUT2D eigenvalue weighted by Gasteiger charge is 2.07. The molecule has 1 atom stereocenters. The lowest BCUT2D eigenvalue weighted by atomic mass is 10.1. The Bertz CT molecular complexity index is 594. The van der Waals surface area contributed by atoms with Crippen molar-refractivity contribution in [1.29, 1.82) is 0 Å². The van der Waals surface area contributed by atoms with Gasteiger partial charge in [0.1, 0.15) is 0 Å². The molecule has 0 aliphatic carbocycles. The molecule has 0 aromatic heterocycles. The molecule has 3 N–H and O–H groups in total. The Labute approximate surface area is 169 Å². The lowest BCUT2D eigenvalue weighted by Gasteiger charge is -2.18. The maximum Gasteiger partial charge on any atom is 0.211 e. The van der Waals surface area contributed by atoms with Gasteiger partial charge in [-0.1, -0.05) is 30.3 Å². The third-order valence-electron chi connectivity index (χ3n) is 3.66. The third kappa shape index (κ3) is 11.4. The average Bonchev–Trinajstić information content (AvgIpc) is 2.59. The summed E-state index contributed by atoms with van der Waals surface area (Å²) in [7, 11) is -1.37. The molecule has 144 valence electrons. The summed E-state index contributed by atoms with van der Waals surface area (Å²) in [6.45, 7) is 4.86. The minimum Gasteiger partial charge on any atom is -0.356 e. The summed E-state index contributed by atoms with van der Waals surface area (Å²) in [6, 6.07) is 10.7. The van der Waals surface area contributed by atoms with E-state index in [-0.39, 0.29) is 29.7 Å². The molecule has 0 amide bonds. The molecule has 1 rings (SSSR count). The van der Waals surface area contributed by atoms with E-state index in [0.29, 0.717) is 25.6 Å². The molecule has 0 heterocycles. The number of benzene rings is 1. The zero-order chi connectivity index (χ0) is 17.8. The molecule has 0 spiro atoms. The number of hydrogen-bond donors (Lipinski definition) is 3. The molecular formula is C17H31IN4O2S. The quantitative estimate of drug-likeness (QED) is 0.207. The van der Waals surface area contributed by atoms with E-state index in [1.807, 2.05) is 6.07 Å². The van der Waals surface area contributed by atoms with Gasteiger partial charge in [-0.25, -0.2) is 13.1 Å². The van der Waals surface area contributed by atoms with Gasteiger partial charge >= 0.3 is 0 Å². The monoisotopic (exact) mass is 482 g/mol. The molecule has 0 bridgehead atoms. The second-order valence-electron chi connectivity index (χ2n) is 5.72. The first-order chi connectivity index (χ1) is 11.5. The first-order valence-electron chi connectivity index (χ1n) is 8.45. The minimum atomic E-state index is -3.10. The van der Waals surface area contributed by atoms with Crippen molar-refractivity contribution in [2.24, 2.45) is 4.99 Å². The van der Waals surface area contributed by atoms with Crippen LogP contribution in [0.4, 0.5) is 0 Å². The number of aryl methyl sites for hydroxylation is 1. The summed E-state index contributed by atoms with van der Waals surface area (Å²) in [5.74, 6) is 0.858. The highest BCUT2D eigenvalue weighted by atomic mass is 127. The maximum atomic E-state index is 11.3. The van der Waals surface area contributed by atoms with E-state index in [1.54, 1.807) is 14.0 Å². The number of rotatable bonds is 10. The van der Waals surface area contributed by atoms with Gasteiger partial charge in [0.15, 0.2) is 5.96 Å². The molecule has 1 unspecified atom stereocenters. The molecule has 0 fully saturated rings. The maximum absolute atomic E-state index is 11.3. The van der Waals surface area contributed by atoms with Crippen molar-refractivity contribution in [3.8, 4) is 0 Å². The van der Waals surface area contributed by atoms with E-state index in [4.69, 9.17) is 0 Å². The number of nitrogens with zero attached hydrogens (tertiary/aromatic N) is 1. The van der Waals surface area contributed by atoms with Crippen LogP contribution in [0.25, 0.3) is 0 Å². The van der Waals surface area contributed by atoms with Crippen molar-refractivity contribution in [1.82, 2.24) is 15.4 Å². The lowest BCUT2D eigenvalue weighted by molar-refractivity contribution is 0.577. The van der Waals surface area contributed by atoms with Crippen LogP contribution in [0.5, 0.6) is 0 Å². The summed E-state index contributed by atoms with van der Waals surface area (Å²) in [4.78, 5) is 4.20. The third-order valence-corrected chi connectivity index (χ3v) is 5.07. The van der Waals surface area contributed by atoms with Crippen LogP contribution < -0.4 is 15.4 Å². The largest absolute Gasteiger partial charge is 0.356 e. The predicted octanol–water partition coefficient (Wildman–Crippen LogP) is 2.12. The fourth-order valence-corrected chi connectivity index (χ4v) is 2.81. The first kappa shape index (κ1) is 24.1. The van der Waals surface area contributed by atoms with Gasteiger partial charge < -0.3 is 10.6 Å². The van der Waals surface area contributed by atoms with Crippen LogP contribution in [0.1, 0.15) is 32.3 Å². The van der Waals surface area contributed by atoms with E-state index in [1.165, 1.54) is 5.56 Å². The standard InChI is InChI=1S/C17H30N4O2S.HI/c1-4-24(22,23)20-14-8-13-19-17(18-3)21-15(2)11-12-16-9-6-5-7-10-16;/h5-7,9-10,15,20H,4,8,11-14H2,1-3H3,(H2,18,19,21);1H. The summed E-state index contributed by atoms with van der Waals surface area (Å²) in [5, 5.41) is 6.56. The molecule has 25 heavy (non-hydrogen) atoms. The highest BCUT2D eigenvalue weighted by Crippen LogP contribution is 2.04. The van der Waals surface area contributed by atoms with Gasteiger partial charge in [-0.15, -0.1) is 24.0 Å². The van der Waals surface area contributed by atoms with Crippen molar-refractivity contribution in [3.63, 3.8) is 0 Å². The Hall–Kier alpha value is -0.870. The fourth-order valence-electron chi connectivity index (χ4n) is 2.15. The number of aliphatic imine (C=N–C) groups is 1. The van der Waals surface area contributed by atoms with Gasteiger partial charge in [-0.2, -0.15) is 0 Å². The Morgan fingerprint density at radius 2 is 1.88 bits per heavy atom. The summed E-state index contributed by atoms with van der Waals surface area (Å²) >= 11 is 0. The van der Waals surface area contributed by atoms with E-state index in [2.05, 4.69) is 51.5 Å². The SMILES string of the molecule is CCS(=O)(=O)NCCCNC(=NC)NC(C)CCc1ccccc1.I. The number of guanidine groups is 1. The van der Waals surface area contributed by atoms with Crippen LogP contribution >= 0.6 is 24.0 Å². The first-order valence-corrected chi connectivity index (χ1v) is 10.1. The Balaban J connectivity index is 0.00000576. The Morgan fingerprint density at radius 1 is 1.20 bits per heavy atom. The zero-order valence-corrected chi connectivity index (χ0v) is 18.4. The zero-order valence-electron chi connectivity index (χ0n) is 15.3. The average molecular weight is 482 g/mol. The number of nitrogens with one attached hydrogen (secondary N) is 3. The van der Waals surface area contributed by atoms with Gasteiger partial charge in [0, 0.05) is 26.2 Å².